The molecule has 4 rings (SSSR count). The zero-order valence-corrected chi connectivity index (χ0v) is 23.0. The first-order valence-electron chi connectivity index (χ1n) is 10.8. The van der Waals surface area contributed by atoms with E-state index in [0.717, 1.165) is 16.8 Å². The summed E-state index contributed by atoms with van der Waals surface area (Å²) in [4.78, 5) is 13.2. The number of aryl methyl sites for hydroxylation is 1. The fraction of sp³-hybridized carbons (Fsp3) is 0.120. The van der Waals surface area contributed by atoms with Crippen LogP contribution < -0.4 is 18.8 Å². The molecule has 0 aliphatic heterocycles. The molecule has 4 aromatic rings. The lowest BCUT2D eigenvalue weighted by atomic mass is 10.0. The van der Waals surface area contributed by atoms with Crippen molar-refractivity contribution in [3.63, 3.8) is 0 Å². The van der Waals surface area contributed by atoms with Crippen LogP contribution in [0.5, 0.6) is 17.2 Å². The Bertz CT molecular complexity index is 1740. The number of halogens is 2. The average molecular weight is 598 g/mol. The minimum atomic E-state index is -5.42. The number of pyridine rings is 1. The van der Waals surface area contributed by atoms with Crippen LogP contribution >= 0.6 is 10.7 Å². The molecule has 0 saturated heterocycles. The number of benzene rings is 3. The van der Waals surface area contributed by atoms with E-state index in [9.17, 15) is 17.1 Å². The summed E-state index contributed by atoms with van der Waals surface area (Å²) in [5, 5.41) is 0.661. The predicted molar refractivity (Wildman–Crippen MR) is 139 cm³/mol. The van der Waals surface area contributed by atoms with Gasteiger partial charge in [-0.15, -0.1) is 3.89 Å². The molecule has 14 heteroatoms. The second-order valence-electron chi connectivity index (χ2n) is 7.73. The standard InChI is InChI=1S/C25H21ClNO6S.FHO3S/c1-27-19-12-8-7-11-17(19)18(15-20(27)16-9-5-4-6-10-16)25(28)33-23-21(31-2)13-14-22(24(23)32-3)34(26,29)30;1-5(2,3)4/h4-15H,1-3H3;(H,2,3,4)/q+1;/p-1. The lowest BCUT2D eigenvalue weighted by molar-refractivity contribution is -0.633. The van der Waals surface area contributed by atoms with Crippen molar-refractivity contribution >= 4 is 47.1 Å². The maximum Gasteiger partial charge on any atom is 0.344 e. The highest BCUT2D eigenvalue weighted by Gasteiger charge is 2.28. The van der Waals surface area contributed by atoms with Crippen molar-refractivity contribution in [3.8, 4) is 28.5 Å². The van der Waals surface area contributed by atoms with E-state index in [2.05, 4.69) is 0 Å². The number of esters is 1. The maximum absolute atomic E-state index is 13.5. The van der Waals surface area contributed by atoms with Crippen LogP contribution in [0.2, 0.25) is 0 Å². The number of ether oxygens (including phenoxy) is 3. The molecule has 0 fully saturated rings. The molecule has 206 valence electrons. The van der Waals surface area contributed by atoms with E-state index in [4.69, 9.17) is 37.9 Å². The van der Waals surface area contributed by atoms with Crippen molar-refractivity contribution in [3.05, 3.63) is 78.4 Å². The average Bonchev–Trinajstić information content (AvgIpc) is 2.87. The Morgan fingerprint density at radius 1 is 0.897 bits per heavy atom. The summed E-state index contributed by atoms with van der Waals surface area (Å²) in [7, 11) is 0.498. The quantitative estimate of drug-likeness (QED) is 0.106. The van der Waals surface area contributed by atoms with Gasteiger partial charge in [0.2, 0.25) is 17.0 Å². The van der Waals surface area contributed by atoms with Gasteiger partial charge in [-0.05, 0) is 30.3 Å². The molecule has 0 aliphatic rings. The van der Waals surface area contributed by atoms with Crippen molar-refractivity contribution < 1.29 is 48.8 Å². The Balaban J connectivity index is 0.000000771. The zero-order valence-electron chi connectivity index (χ0n) is 20.6. The molecule has 1 aromatic heterocycles. The Hall–Kier alpha value is -3.78. The Morgan fingerprint density at radius 3 is 2.05 bits per heavy atom. The van der Waals surface area contributed by atoms with Crippen LogP contribution in [0.25, 0.3) is 22.2 Å². The molecule has 3 aromatic carbocycles. The van der Waals surface area contributed by atoms with Gasteiger partial charge in [0, 0.05) is 28.4 Å². The molecule has 0 saturated carbocycles. The van der Waals surface area contributed by atoms with E-state index >= 15 is 0 Å². The number of hydrogen-bond acceptors (Lipinski definition) is 9. The van der Waals surface area contributed by atoms with Gasteiger partial charge < -0.3 is 18.8 Å². The summed E-state index contributed by atoms with van der Waals surface area (Å²) in [6.07, 6.45) is 0. The van der Waals surface area contributed by atoms with Crippen molar-refractivity contribution in [1.82, 2.24) is 0 Å². The highest BCUT2D eigenvalue weighted by molar-refractivity contribution is 8.13. The van der Waals surface area contributed by atoms with Crippen LogP contribution in [0, 0.1) is 0 Å². The van der Waals surface area contributed by atoms with Crippen LogP contribution in [-0.4, -0.2) is 41.6 Å². The van der Waals surface area contributed by atoms with Gasteiger partial charge in [-0.25, -0.2) is 21.6 Å². The fourth-order valence-corrected chi connectivity index (χ4v) is 4.80. The number of methoxy groups -OCH3 is 2. The van der Waals surface area contributed by atoms with Crippen molar-refractivity contribution in [1.29, 1.82) is 0 Å². The molecular weight excluding hydrogens is 577 g/mol. The van der Waals surface area contributed by atoms with Gasteiger partial charge in [0.1, 0.15) is 11.9 Å². The smallest absolute Gasteiger partial charge is 0.344 e. The Kier molecular flexibility index (Phi) is 9.12. The number of rotatable bonds is 6. The van der Waals surface area contributed by atoms with Crippen LogP contribution in [0.1, 0.15) is 10.4 Å². The van der Waals surface area contributed by atoms with Crippen LogP contribution in [-0.2, 0) is 26.6 Å². The van der Waals surface area contributed by atoms with Gasteiger partial charge in [0.05, 0.1) is 25.2 Å². The van der Waals surface area contributed by atoms with E-state index < -0.39 is 25.5 Å². The Morgan fingerprint density at radius 2 is 1.49 bits per heavy atom. The highest BCUT2D eigenvalue weighted by Crippen LogP contribution is 2.43. The monoisotopic (exact) mass is 597 g/mol. The Labute approximate surface area is 228 Å². The van der Waals surface area contributed by atoms with Gasteiger partial charge in [-0.1, -0.05) is 30.3 Å². The van der Waals surface area contributed by atoms with Gasteiger partial charge in [0.25, 0.3) is 19.6 Å². The number of nitrogens with zero attached hydrogens (tertiary/aromatic N) is 1. The summed E-state index contributed by atoms with van der Waals surface area (Å²) < 4.78 is 77.6. The topological polar surface area (TPSA) is 140 Å². The van der Waals surface area contributed by atoms with Crippen molar-refractivity contribution in [2.75, 3.05) is 14.2 Å². The number of aromatic nitrogens is 1. The minimum Gasteiger partial charge on any atom is -0.722 e. The zero-order chi connectivity index (χ0) is 29.0. The molecule has 0 amide bonds. The number of carbonyl (C=O) groups is 1. The molecular formula is C25H21ClFNO9S2. The van der Waals surface area contributed by atoms with E-state index in [1.165, 1.54) is 26.4 Å². The third-order valence-corrected chi connectivity index (χ3v) is 6.75. The number of hydrogen-bond donors (Lipinski definition) is 0. The molecule has 0 atom stereocenters. The molecule has 39 heavy (non-hydrogen) atoms. The molecule has 0 bridgehead atoms. The first-order chi connectivity index (χ1) is 18.3. The molecule has 10 nitrogen and oxygen atoms in total. The molecule has 0 radical (unpaired) electrons. The van der Waals surface area contributed by atoms with Crippen LogP contribution in [0.15, 0.2) is 77.7 Å². The predicted octanol–water partition coefficient (Wildman–Crippen LogP) is 3.91. The van der Waals surface area contributed by atoms with Crippen LogP contribution in [0.3, 0.4) is 0 Å². The van der Waals surface area contributed by atoms with Gasteiger partial charge >= 0.3 is 5.97 Å². The number of carbonyl (C=O) groups excluding carboxylic acids is 1. The lowest BCUT2D eigenvalue weighted by Crippen LogP contribution is -2.33. The summed E-state index contributed by atoms with van der Waals surface area (Å²) in [6, 6.07) is 21.4. The van der Waals surface area contributed by atoms with Crippen molar-refractivity contribution in [2.45, 2.75) is 4.90 Å². The van der Waals surface area contributed by atoms with Crippen molar-refractivity contribution in [2.24, 2.45) is 7.05 Å². The largest absolute Gasteiger partial charge is 0.722 e. The molecule has 0 N–H and O–H groups in total. The van der Waals surface area contributed by atoms with E-state index in [-0.39, 0.29) is 27.7 Å². The highest BCUT2D eigenvalue weighted by atomic mass is 35.7. The molecule has 0 aliphatic carbocycles. The van der Waals surface area contributed by atoms with Gasteiger partial charge in [-0.3, -0.25) is 0 Å². The maximum atomic E-state index is 13.5. The summed E-state index contributed by atoms with van der Waals surface area (Å²) in [5.41, 5.74) is 2.81. The SMILES string of the molecule is COc1ccc(S(=O)(=O)Cl)c(OC)c1OC(=O)c1cc(-c2ccccc2)[n+](C)c2ccccc12.O=S(=O)([O-])F. The molecule has 1 heterocycles. The fourth-order valence-electron chi connectivity index (χ4n) is 3.81. The summed E-state index contributed by atoms with van der Waals surface area (Å²) in [5.74, 6) is -1.01. The third-order valence-electron chi connectivity index (χ3n) is 5.41. The molecule has 0 spiro atoms. The first kappa shape index (κ1) is 29.8. The molecule has 0 unspecified atom stereocenters. The van der Waals surface area contributed by atoms with E-state index in [1.54, 1.807) is 6.07 Å². The normalized spacial score (nSPS) is 11.3. The summed E-state index contributed by atoms with van der Waals surface area (Å²) >= 11 is 0. The minimum absolute atomic E-state index is 0.114. The second-order valence-corrected chi connectivity index (χ2v) is 11.1. The first-order valence-corrected chi connectivity index (χ1v) is 14.4. The number of fused-ring (bicyclic) bond motifs is 1. The number of para-hydroxylation sites is 1. The van der Waals surface area contributed by atoms with E-state index in [1.807, 2.05) is 66.2 Å². The second kappa shape index (κ2) is 11.9. The lowest BCUT2D eigenvalue weighted by Gasteiger charge is -2.16. The van der Waals surface area contributed by atoms with Crippen LogP contribution in [0.4, 0.5) is 3.89 Å². The summed E-state index contributed by atoms with van der Waals surface area (Å²) in [6.45, 7) is 0. The van der Waals surface area contributed by atoms with Gasteiger partial charge in [-0.2, -0.15) is 4.57 Å². The van der Waals surface area contributed by atoms with Gasteiger partial charge in [0.15, 0.2) is 11.5 Å². The van der Waals surface area contributed by atoms with E-state index in [0.29, 0.717) is 5.39 Å². The third kappa shape index (κ3) is 7.20.